The van der Waals surface area contributed by atoms with Crippen LogP contribution in [0.3, 0.4) is 0 Å². The Hall–Kier alpha value is -4.52. The van der Waals surface area contributed by atoms with Crippen LogP contribution in [0.25, 0.3) is 10.8 Å². The van der Waals surface area contributed by atoms with Crippen LogP contribution in [0.2, 0.25) is 0 Å². The molecule has 242 valence electrons. The first-order valence-electron chi connectivity index (χ1n) is 16.9. The highest BCUT2D eigenvalue weighted by Crippen LogP contribution is 2.54. The van der Waals surface area contributed by atoms with Crippen molar-refractivity contribution in [2.24, 2.45) is 0 Å². The minimum absolute atomic E-state index is 0.0583. The van der Waals surface area contributed by atoms with Gasteiger partial charge in [-0.15, -0.1) is 0 Å². The lowest BCUT2D eigenvalue weighted by Crippen LogP contribution is -2.52. The number of benzene rings is 5. The number of hydrogen-bond acceptors (Lipinski definition) is 6. The molecule has 1 heterocycles. The molecule has 5 N–H and O–H groups in total. The van der Waals surface area contributed by atoms with Gasteiger partial charge in [0.1, 0.15) is 11.4 Å². The molecule has 6 nitrogen and oxygen atoms in total. The second-order valence-corrected chi connectivity index (χ2v) is 13.9. The third-order valence-electron chi connectivity index (χ3n) is 9.98. The van der Waals surface area contributed by atoms with E-state index in [9.17, 15) is 15.3 Å². The van der Waals surface area contributed by atoms with Crippen molar-refractivity contribution in [1.29, 1.82) is 0 Å². The number of aromatic hydroxyl groups is 1. The first kappa shape index (κ1) is 31.1. The number of aryl methyl sites for hydroxylation is 2. The molecule has 3 unspecified atom stereocenters. The van der Waals surface area contributed by atoms with Gasteiger partial charge in [-0.2, -0.15) is 0 Å². The van der Waals surface area contributed by atoms with E-state index in [0.29, 0.717) is 5.56 Å². The van der Waals surface area contributed by atoms with E-state index in [2.05, 4.69) is 110 Å². The lowest BCUT2D eigenvalue weighted by Gasteiger charge is -2.48. The Balaban J connectivity index is 1.19. The monoisotopic (exact) mass is 627 g/mol. The van der Waals surface area contributed by atoms with E-state index < -0.39 is 29.7 Å². The summed E-state index contributed by atoms with van der Waals surface area (Å²) in [6, 6.07) is 32.8. The summed E-state index contributed by atoms with van der Waals surface area (Å²) < 4.78 is 0. The first-order valence-corrected chi connectivity index (χ1v) is 16.9. The first-order chi connectivity index (χ1) is 22.6. The molecule has 7 rings (SSSR count). The van der Waals surface area contributed by atoms with Crippen LogP contribution in [0.15, 0.2) is 97.1 Å². The third-order valence-corrected chi connectivity index (χ3v) is 9.98. The van der Waals surface area contributed by atoms with E-state index in [1.165, 1.54) is 30.4 Å². The average Bonchev–Trinajstić information content (AvgIpc) is 3.05. The molecule has 5 aromatic carbocycles. The summed E-state index contributed by atoms with van der Waals surface area (Å²) >= 11 is 0. The molecule has 0 amide bonds. The Bertz CT molecular complexity index is 1890. The van der Waals surface area contributed by atoms with Crippen LogP contribution in [-0.2, 0) is 6.42 Å². The number of rotatable bonds is 9. The zero-order valence-corrected chi connectivity index (χ0v) is 27.7. The largest absolute Gasteiger partial charge is 0.508 e. The minimum Gasteiger partial charge on any atom is -0.508 e. The molecule has 2 aliphatic rings. The van der Waals surface area contributed by atoms with Crippen LogP contribution in [0.5, 0.6) is 5.75 Å². The lowest BCUT2D eigenvalue weighted by atomic mass is 9.62. The highest BCUT2D eigenvalue weighted by atomic mass is 16.3. The van der Waals surface area contributed by atoms with Crippen molar-refractivity contribution in [3.05, 3.63) is 119 Å². The topological polar surface area (TPSA) is 88.0 Å². The molecule has 0 aromatic heterocycles. The van der Waals surface area contributed by atoms with Crippen molar-refractivity contribution < 1.29 is 15.3 Å². The van der Waals surface area contributed by atoms with Gasteiger partial charge in [-0.1, -0.05) is 79.9 Å². The Labute approximate surface area is 277 Å². The number of phenols is 1. The van der Waals surface area contributed by atoms with Crippen molar-refractivity contribution in [3.63, 3.8) is 0 Å². The van der Waals surface area contributed by atoms with Gasteiger partial charge < -0.3 is 30.9 Å². The Morgan fingerprint density at radius 3 is 2.04 bits per heavy atom. The number of phenolic OH excluding ortho intramolecular Hbond substituents is 1. The molecule has 0 bridgehead atoms. The SMILES string of the molecule is CCCCCc1ccc(N(c2ccc(C)cc2)c2ccc(C3C(O)C(c4ccc5cccc6c5c4NC(C)(C)N6)[C@H]3O)c(O)c2)cc1. The second kappa shape index (κ2) is 12.3. The molecule has 47 heavy (non-hydrogen) atoms. The maximum absolute atomic E-state index is 11.6. The molecular formula is C41H45N3O3. The van der Waals surface area contributed by atoms with Gasteiger partial charge in [-0.05, 0) is 86.5 Å². The molecule has 0 spiro atoms. The van der Waals surface area contributed by atoms with E-state index >= 15 is 0 Å². The Morgan fingerprint density at radius 2 is 1.36 bits per heavy atom. The van der Waals surface area contributed by atoms with E-state index in [0.717, 1.165) is 51.2 Å². The predicted molar refractivity (Wildman–Crippen MR) is 194 cm³/mol. The standard InChI is InChI=1S/C41H45N3O3/c1-5-6-7-9-26-14-19-29(20-15-26)44(28-17-12-25(2)13-18-28)30-21-23-31(34(45)24-30)36-39(46)37(40(36)47)32-22-16-27-10-8-11-33-35(27)38(32)43-41(3,4)42-33/h8,10-24,36-37,39-40,42-43,45-47H,5-7,9H2,1-4H3/t36?,37?,39-,40?/m0/s1. The predicted octanol–water partition coefficient (Wildman–Crippen LogP) is 9.23. The van der Waals surface area contributed by atoms with Crippen LogP contribution in [0, 0.1) is 6.92 Å². The fourth-order valence-electron chi connectivity index (χ4n) is 7.52. The number of nitrogens with zero attached hydrogens (tertiary/aromatic N) is 1. The van der Waals surface area contributed by atoms with E-state index in [4.69, 9.17) is 0 Å². The summed E-state index contributed by atoms with van der Waals surface area (Å²) in [5, 5.41) is 44.0. The van der Waals surface area contributed by atoms with Crippen molar-refractivity contribution in [2.75, 3.05) is 15.5 Å². The molecule has 6 heteroatoms. The number of aliphatic hydroxyl groups is 2. The van der Waals surface area contributed by atoms with Crippen molar-refractivity contribution in [1.82, 2.24) is 0 Å². The summed E-state index contributed by atoms with van der Waals surface area (Å²) in [6.45, 7) is 8.44. The molecule has 1 saturated carbocycles. The third kappa shape index (κ3) is 5.70. The van der Waals surface area contributed by atoms with Crippen molar-refractivity contribution >= 4 is 39.2 Å². The number of unbranched alkanes of at least 4 members (excludes halogenated alkanes) is 2. The number of aliphatic hydroxyl groups excluding tert-OH is 2. The smallest absolute Gasteiger partial charge is 0.121 e. The molecule has 5 aromatic rings. The zero-order valence-electron chi connectivity index (χ0n) is 27.7. The fraction of sp³-hybridized carbons (Fsp3) is 0.317. The number of hydrogen-bond donors (Lipinski definition) is 5. The van der Waals surface area contributed by atoms with Crippen LogP contribution in [-0.4, -0.2) is 33.2 Å². The van der Waals surface area contributed by atoms with Gasteiger partial charge in [-0.25, -0.2) is 0 Å². The van der Waals surface area contributed by atoms with Gasteiger partial charge in [0, 0.05) is 57.3 Å². The van der Waals surface area contributed by atoms with Crippen LogP contribution in [0.1, 0.15) is 74.1 Å². The molecule has 0 radical (unpaired) electrons. The molecule has 1 aliphatic carbocycles. The Morgan fingerprint density at radius 1 is 0.723 bits per heavy atom. The van der Waals surface area contributed by atoms with Gasteiger partial charge in [-0.3, -0.25) is 0 Å². The summed E-state index contributed by atoms with van der Waals surface area (Å²) in [5.41, 5.74) is 8.28. The normalized spacial score (nSPS) is 21.1. The van der Waals surface area contributed by atoms with Crippen molar-refractivity contribution in [3.8, 4) is 5.75 Å². The summed E-state index contributed by atoms with van der Waals surface area (Å²) in [5.74, 6) is -1.05. The summed E-state index contributed by atoms with van der Waals surface area (Å²) in [4.78, 5) is 2.13. The molecule has 1 aliphatic heterocycles. The van der Waals surface area contributed by atoms with Gasteiger partial charge in [0.25, 0.3) is 0 Å². The second-order valence-electron chi connectivity index (χ2n) is 13.9. The van der Waals surface area contributed by atoms with Gasteiger partial charge in [0.2, 0.25) is 0 Å². The number of anilines is 5. The highest BCUT2D eigenvalue weighted by Gasteiger charge is 2.52. The van der Waals surface area contributed by atoms with Crippen LogP contribution >= 0.6 is 0 Å². The fourth-order valence-corrected chi connectivity index (χ4v) is 7.52. The maximum Gasteiger partial charge on any atom is 0.121 e. The van der Waals surface area contributed by atoms with Crippen molar-refractivity contribution in [2.45, 2.75) is 83.1 Å². The Kier molecular flexibility index (Phi) is 8.11. The molecule has 4 atom stereocenters. The van der Waals surface area contributed by atoms with Gasteiger partial charge >= 0.3 is 0 Å². The van der Waals surface area contributed by atoms with E-state index in [1.54, 1.807) is 6.07 Å². The van der Waals surface area contributed by atoms with Gasteiger partial charge in [0.05, 0.1) is 12.2 Å². The van der Waals surface area contributed by atoms with Crippen LogP contribution < -0.4 is 15.5 Å². The summed E-state index contributed by atoms with van der Waals surface area (Å²) in [6.07, 6.45) is 2.94. The molecular weight excluding hydrogens is 582 g/mol. The molecule has 0 saturated heterocycles. The highest BCUT2D eigenvalue weighted by molar-refractivity contribution is 6.06. The van der Waals surface area contributed by atoms with E-state index in [-0.39, 0.29) is 5.75 Å². The minimum atomic E-state index is -0.865. The maximum atomic E-state index is 11.6. The summed E-state index contributed by atoms with van der Waals surface area (Å²) in [7, 11) is 0. The zero-order chi connectivity index (χ0) is 32.9. The van der Waals surface area contributed by atoms with E-state index in [1.807, 2.05) is 24.3 Å². The lowest BCUT2D eigenvalue weighted by molar-refractivity contribution is -0.0789. The average molecular weight is 628 g/mol. The molecule has 1 fully saturated rings. The van der Waals surface area contributed by atoms with Gasteiger partial charge in [0.15, 0.2) is 0 Å². The quantitative estimate of drug-likeness (QED) is 0.105. The van der Waals surface area contributed by atoms with Crippen LogP contribution in [0.4, 0.5) is 28.4 Å². The number of nitrogens with one attached hydrogen (secondary N) is 2.